The molecule has 0 atom stereocenters. The number of imide groups is 1. The molecule has 1 saturated heterocycles. The first kappa shape index (κ1) is 19.9. The van der Waals surface area contributed by atoms with Crippen molar-refractivity contribution >= 4 is 46.3 Å². The summed E-state index contributed by atoms with van der Waals surface area (Å²) in [5.74, 6) is 0.156. The van der Waals surface area contributed by atoms with E-state index in [9.17, 15) is 19.7 Å². The Kier molecular flexibility index (Phi) is 5.43. The number of nitro groups is 1. The monoisotopic (exact) mass is 440 g/mol. The van der Waals surface area contributed by atoms with Crippen LogP contribution in [0.25, 0.3) is 17.4 Å². The van der Waals surface area contributed by atoms with E-state index >= 15 is 0 Å². The van der Waals surface area contributed by atoms with Crippen molar-refractivity contribution in [3.05, 3.63) is 92.0 Å². The summed E-state index contributed by atoms with van der Waals surface area (Å²) < 4.78 is 5.68. The fraction of sp³-hybridized carbons (Fsp3) is 0.0476. The van der Waals surface area contributed by atoms with Crippen LogP contribution in [-0.2, 0) is 11.3 Å². The predicted octanol–water partition coefficient (Wildman–Crippen LogP) is 5.74. The summed E-state index contributed by atoms with van der Waals surface area (Å²) in [6.07, 6.45) is 1.45. The number of carbonyl (C=O) groups excluding carboxylic acids is 2. The van der Waals surface area contributed by atoms with Crippen LogP contribution in [0.15, 0.2) is 70.0 Å². The van der Waals surface area contributed by atoms with E-state index < -0.39 is 16.1 Å². The number of para-hydroxylation sites is 1. The minimum Gasteiger partial charge on any atom is -0.456 e. The number of hydrogen-bond acceptors (Lipinski definition) is 6. The van der Waals surface area contributed by atoms with Crippen LogP contribution in [0.3, 0.4) is 0 Å². The van der Waals surface area contributed by atoms with Crippen LogP contribution in [-0.4, -0.2) is 21.0 Å². The topological polar surface area (TPSA) is 93.7 Å². The minimum absolute atomic E-state index is 0.0707. The van der Waals surface area contributed by atoms with E-state index in [1.807, 2.05) is 0 Å². The molecule has 1 aliphatic heterocycles. The lowest BCUT2D eigenvalue weighted by Gasteiger charge is -2.13. The average molecular weight is 441 g/mol. The van der Waals surface area contributed by atoms with Gasteiger partial charge in [-0.1, -0.05) is 41.9 Å². The molecule has 0 spiro atoms. The minimum atomic E-state index is -0.488. The number of benzene rings is 2. The van der Waals surface area contributed by atoms with Crippen molar-refractivity contribution in [2.45, 2.75) is 6.54 Å². The van der Waals surface area contributed by atoms with Gasteiger partial charge in [0.05, 0.1) is 21.9 Å². The fourth-order valence-electron chi connectivity index (χ4n) is 2.98. The molecule has 0 saturated carbocycles. The highest BCUT2D eigenvalue weighted by atomic mass is 35.5. The highest BCUT2D eigenvalue weighted by Crippen LogP contribution is 2.36. The van der Waals surface area contributed by atoms with E-state index in [1.165, 1.54) is 12.1 Å². The van der Waals surface area contributed by atoms with Gasteiger partial charge in [-0.25, -0.2) is 0 Å². The fourth-order valence-corrected chi connectivity index (χ4v) is 3.99. The third-order valence-electron chi connectivity index (χ3n) is 4.43. The van der Waals surface area contributed by atoms with Crippen molar-refractivity contribution < 1.29 is 18.9 Å². The SMILES string of the molecule is O=C1S/C(=C/c2ccc(-c3ccccc3[N+](=O)[O-])o2)C(=O)N1Cc1ccccc1Cl. The van der Waals surface area contributed by atoms with Gasteiger partial charge in [-0.3, -0.25) is 24.6 Å². The quantitative estimate of drug-likeness (QED) is 0.285. The Morgan fingerprint density at radius 2 is 1.80 bits per heavy atom. The van der Waals surface area contributed by atoms with E-state index in [4.69, 9.17) is 16.0 Å². The molecule has 3 aromatic rings. The second-order valence-corrected chi connectivity index (χ2v) is 7.74. The van der Waals surface area contributed by atoms with Gasteiger partial charge in [0, 0.05) is 17.2 Å². The number of furan rings is 1. The van der Waals surface area contributed by atoms with Gasteiger partial charge in [0.25, 0.3) is 16.8 Å². The summed E-state index contributed by atoms with van der Waals surface area (Å²) >= 11 is 6.93. The summed E-state index contributed by atoms with van der Waals surface area (Å²) in [5.41, 5.74) is 0.909. The van der Waals surface area contributed by atoms with Crippen LogP contribution in [0.4, 0.5) is 10.5 Å². The highest BCUT2D eigenvalue weighted by molar-refractivity contribution is 8.18. The van der Waals surface area contributed by atoms with Crippen molar-refractivity contribution in [1.29, 1.82) is 0 Å². The third-order valence-corrected chi connectivity index (χ3v) is 5.70. The molecular weight excluding hydrogens is 428 g/mol. The Labute approximate surface area is 180 Å². The third kappa shape index (κ3) is 3.87. The van der Waals surface area contributed by atoms with Crippen molar-refractivity contribution in [2.75, 3.05) is 0 Å². The smallest absolute Gasteiger partial charge is 0.293 e. The Balaban J connectivity index is 1.58. The van der Waals surface area contributed by atoms with Gasteiger partial charge in [-0.2, -0.15) is 0 Å². The Morgan fingerprint density at radius 1 is 1.07 bits per heavy atom. The van der Waals surface area contributed by atoms with Crippen LogP contribution >= 0.6 is 23.4 Å². The first-order valence-corrected chi connectivity index (χ1v) is 9.96. The number of carbonyl (C=O) groups is 2. The Bertz CT molecular complexity index is 1200. The standard InChI is InChI=1S/C21H13ClN2O5S/c22-16-7-3-1-5-13(16)12-23-20(25)19(30-21(23)26)11-14-9-10-18(29-14)15-6-2-4-8-17(15)24(27)28/h1-11H,12H2/b19-11+. The molecule has 7 nitrogen and oxygen atoms in total. The zero-order valence-electron chi connectivity index (χ0n) is 15.3. The molecule has 0 radical (unpaired) electrons. The zero-order valence-corrected chi connectivity index (χ0v) is 16.9. The average Bonchev–Trinajstić information content (AvgIpc) is 3.30. The van der Waals surface area contributed by atoms with Crippen molar-refractivity contribution in [2.24, 2.45) is 0 Å². The molecule has 2 aromatic carbocycles. The summed E-state index contributed by atoms with van der Waals surface area (Å²) in [6.45, 7) is 0.0707. The normalized spacial score (nSPS) is 15.2. The number of thioether (sulfide) groups is 1. The van der Waals surface area contributed by atoms with Gasteiger partial charge in [0.1, 0.15) is 11.5 Å². The van der Waals surface area contributed by atoms with E-state index in [0.717, 1.165) is 16.7 Å². The first-order valence-electron chi connectivity index (χ1n) is 8.76. The number of halogens is 1. The van der Waals surface area contributed by atoms with Crippen LogP contribution in [0.1, 0.15) is 11.3 Å². The lowest BCUT2D eigenvalue weighted by Crippen LogP contribution is -2.27. The number of amides is 2. The maximum atomic E-state index is 12.7. The molecule has 30 heavy (non-hydrogen) atoms. The van der Waals surface area contributed by atoms with E-state index in [2.05, 4.69) is 0 Å². The van der Waals surface area contributed by atoms with Crippen LogP contribution < -0.4 is 0 Å². The van der Waals surface area contributed by atoms with E-state index in [-0.39, 0.29) is 17.1 Å². The zero-order chi connectivity index (χ0) is 21.3. The second kappa shape index (κ2) is 8.17. The molecule has 1 aromatic heterocycles. The largest absolute Gasteiger partial charge is 0.456 e. The van der Waals surface area contributed by atoms with Crippen LogP contribution in [0.2, 0.25) is 5.02 Å². The molecule has 150 valence electrons. The van der Waals surface area contributed by atoms with E-state index in [1.54, 1.807) is 54.6 Å². The molecule has 0 unspecified atom stereocenters. The summed E-state index contributed by atoms with van der Waals surface area (Å²) in [4.78, 5) is 37.1. The molecule has 2 heterocycles. The summed E-state index contributed by atoms with van der Waals surface area (Å²) in [5, 5.41) is 11.3. The molecule has 0 bridgehead atoms. The molecule has 9 heteroatoms. The van der Waals surface area contributed by atoms with Gasteiger partial charge in [-0.05, 0) is 41.6 Å². The predicted molar refractivity (Wildman–Crippen MR) is 114 cm³/mol. The van der Waals surface area contributed by atoms with Crippen molar-refractivity contribution in [3.63, 3.8) is 0 Å². The molecule has 0 aliphatic carbocycles. The summed E-state index contributed by atoms with van der Waals surface area (Å²) in [7, 11) is 0. The number of rotatable bonds is 5. The number of hydrogen-bond donors (Lipinski definition) is 0. The van der Waals surface area contributed by atoms with Gasteiger partial charge >= 0.3 is 0 Å². The summed E-state index contributed by atoms with van der Waals surface area (Å²) in [6, 6.07) is 16.4. The molecule has 1 aliphatic rings. The first-order chi connectivity index (χ1) is 14.4. The Morgan fingerprint density at radius 3 is 2.57 bits per heavy atom. The molecule has 2 amide bonds. The van der Waals surface area contributed by atoms with Gasteiger partial charge in [0.15, 0.2) is 0 Å². The maximum Gasteiger partial charge on any atom is 0.293 e. The molecule has 4 rings (SSSR count). The van der Waals surface area contributed by atoms with Crippen LogP contribution in [0, 0.1) is 10.1 Å². The van der Waals surface area contributed by atoms with Gasteiger partial charge in [0.2, 0.25) is 0 Å². The lowest BCUT2D eigenvalue weighted by atomic mass is 10.1. The molecule has 0 N–H and O–H groups in total. The van der Waals surface area contributed by atoms with Gasteiger partial charge in [-0.15, -0.1) is 0 Å². The highest BCUT2D eigenvalue weighted by Gasteiger charge is 2.35. The second-order valence-electron chi connectivity index (χ2n) is 6.34. The number of nitrogens with zero attached hydrogens (tertiary/aromatic N) is 2. The van der Waals surface area contributed by atoms with Crippen molar-refractivity contribution in [3.8, 4) is 11.3 Å². The number of nitro benzene ring substituents is 1. The Hall–Kier alpha value is -3.36. The van der Waals surface area contributed by atoms with Crippen LogP contribution in [0.5, 0.6) is 0 Å². The maximum absolute atomic E-state index is 12.7. The van der Waals surface area contributed by atoms with E-state index in [0.29, 0.717) is 27.7 Å². The molecular formula is C21H13ClN2O5S. The van der Waals surface area contributed by atoms with Crippen molar-refractivity contribution in [1.82, 2.24) is 4.90 Å². The van der Waals surface area contributed by atoms with Gasteiger partial charge < -0.3 is 4.42 Å². The lowest BCUT2D eigenvalue weighted by molar-refractivity contribution is -0.384. The molecule has 1 fully saturated rings.